The Labute approximate surface area is 695 Å². The van der Waals surface area contributed by atoms with Gasteiger partial charge in [0, 0.05) is 55.6 Å². The molecule has 14 atom stereocenters. The van der Waals surface area contributed by atoms with Crippen molar-refractivity contribution in [1.29, 1.82) is 5.26 Å². The van der Waals surface area contributed by atoms with Crippen LogP contribution in [0.4, 0.5) is 21.9 Å². The number of rotatable bonds is 5. The van der Waals surface area contributed by atoms with Gasteiger partial charge in [-0.3, -0.25) is 33.7 Å². The molecule has 121 heavy (non-hydrogen) atoms. The zero-order valence-electron chi connectivity index (χ0n) is 66.5. The number of hydrogen-bond donors (Lipinski definition) is 9. The summed E-state index contributed by atoms with van der Waals surface area (Å²) >= 11 is 0. The number of amides is 1. The largest absolute Gasteiger partial charge is 0.507 e. The molecule has 7 heterocycles. The van der Waals surface area contributed by atoms with Crippen molar-refractivity contribution in [3.05, 3.63) is 259 Å². The second-order valence-corrected chi connectivity index (χ2v) is 29.9. The molecule has 0 saturated carbocycles. The summed E-state index contributed by atoms with van der Waals surface area (Å²) in [4.78, 5) is 107. The Morgan fingerprint density at radius 2 is 0.835 bits per heavy atom. The quantitative estimate of drug-likeness (QED) is 0.0254. The van der Waals surface area contributed by atoms with Crippen LogP contribution in [0.15, 0.2) is 164 Å². The van der Waals surface area contributed by atoms with Crippen molar-refractivity contribution in [3.8, 4) is 94.4 Å². The predicted octanol–water partition coefficient (Wildman–Crippen LogP) is 10.5. The first-order valence-corrected chi connectivity index (χ1v) is 39.1. The smallest absolute Gasteiger partial charge is 0.415 e. The predicted molar refractivity (Wildman–Crippen MR) is 440 cm³/mol. The molecule has 1 amide bonds. The molecule has 13 aliphatic rings. The average Bonchev–Trinajstić information content (AvgIpc) is 1.48. The lowest BCUT2D eigenvalue weighted by molar-refractivity contribution is 0.0477. The standard InChI is InChI=1S/C31H23NO7.C27H19NO5.C26H17NO6.C9H5NO2.2C2H6/c1-4-15-38-29(37)32-22-13-7-5-6-8-14-23(34)31(30(22,39-31)17(2)3)20-16-21(33)24-25(26(20)32)28(36)19-12-10-9-11-18(19)27(24)35;1-14(2)26-19-11-5-3-4-6-12-20(30)27(26,33-26)17-13-18(29)21-22(23(17)28-19)25(32)16-10-8-7-9-15(16)24(21)31;1-13(28)25-18-10-4-2-3-5-11-19(30)26(25,33-25)16-12-17(29)20-21(22(16)27-18)24(32)15-9-7-6-8-14(15)23(20)31;10-5-8-6-3-1-2-4-7(6)9(11)12-8;2*1-2/h4-6,9-12,16-17,22-23,33-34H,1,15H2,2-3H3;3-4,7-10,13-14,19-20,28-30H,1-2H3;2-3,6-9,12-13,18-19,27-30H,1H3;1-4,8H;2*1-2H3/b6-5-;4-3-;3-2-;;;/t22-,23+,30-,31-;19-,20+,26-,27-;13-,18+,19-,25+,26+;;;/m001.../s1. The Morgan fingerprint density at radius 1 is 0.496 bits per heavy atom. The van der Waals surface area contributed by atoms with E-state index in [1.807, 2.05) is 61.5 Å². The maximum Gasteiger partial charge on any atom is 0.415 e. The third kappa shape index (κ3) is 11.6. The first-order valence-electron chi connectivity index (χ1n) is 39.1. The number of nitriles is 1. The van der Waals surface area contributed by atoms with E-state index in [2.05, 4.69) is 88.3 Å². The van der Waals surface area contributed by atoms with Gasteiger partial charge in [0.15, 0.2) is 75.4 Å². The van der Waals surface area contributed by atoms with Gasteiger partial charge in [-0.05, 0) is 79.5 Å². The molecular weight excluding hydrogens is 1540 g/mol. The molecule has 0 aromatic heterocycles. The van der Waals surface area contributed by atoms with Crippen molar-refractivity contribution in [3.63, 3.8) is 0 Å². The van der Waals surface area contributed by atoms with Crippen molar-refractivity contribution in [2.45, 2.75) is 145 Å². The van der Waals surface area contributed by atoms with Crippen LogP contribution in [-0.2, 0) is 40.5 Å². The van der Waals surface area contributed by atoms with Crippen LogP contribution in [0.2, 0.25) is 0 Å². The number of epoxide rings is 3. The number of benzene rings is 7. The van der Waals surface area contributed by atoms with Gasteiger partial charge in [-0.15, -0.1) is 0 Å². The highest BCUT2D eigenvalue weighted by Crippen LogP contribution is 2.72. The maximum atomic E-state index is 14.0. The van der Waals surface area contributed by atoms with E-state index in [0.717, 1.165) is 0 Å². The minimum Gasteiger partial charge on any atom is -0.507 e. The number of aliphatic hydroxyl groups is 4. The second-order valence-electron chi connectivity index (χ2n) is 29.9. The third-order valence-corrected chi connectivity index (χ3v) is 23.6. The average molecular weight is 1620 g/mol. The number of phenols is 3. The molecule has 20 rings (SSSR count). The number of nitrogens with zero attached hydrogens (tertiary/aromatic N) is 2. The van der Waals surface area contributed by atoms with Gasteiger partial charge in [0.2, 0.25) is 6.10 Å². The van der Waals surface area contributed by atoms with E-state index < -0.39 is 135 Å². The summed E-state index contributed by atoms with van der Waals surface area (Å²) in [7, 11) is 0. The monoisotopic (exact) mass is 1620 g/mol. The zero-order valence-corrected chi connectivity index (χ0v) is 66.5. The lowest BCUT2D eigenvalue weighted by Crippen LogP contribution is -2.59. The number of fused-ring (bicyclic) bond motifs is 13. The molecule has 6 aliphatic carbocycles. The van der Waals surface area contributed by atoms with Gasteiger partial charge in [-0.2, -0.15) is 5.26 Å². The molecule has 1 unspecified atom stereocenters. The normalized spacial score (nSPS) is 28.0. The molecule has 0 spiro atoms. The summed E-state index contributed by atoms with van der Waals surface area (Å²) in [6, 6.07) is 29.6. The van der Waals surface area contributed by atoms with Crippen LogP contribution in [0.5, 0.6) is 17.2 Å². The summed E-state index contributed by atoms with van der Waals surface area (Å²) in [6.07, 6.45) is 3.79. The van der Waals surface area contributed by atoms with Crippen LogP contribution in [-0.4, -0.2) is 148 Å². The van der Waals surface area contributed by atoms with Crippen molar-refractivity contribution < 1.29 is 97.8 Å². The number of carbonyl (C=O) groups excluding carboxylic acids is 8. The Hall–Kier alpha value is -14.2. The van der Waals surface area contributed by atoms with Crippen LogP contribution in [0.1, 0.15) is 197 Å². The number of aliphatic hydroxyl groups excluding tert-OH is 4. The highest BCUT2D eigenvalue weighted by molar-refractivity contribution is 6.34. The van der Waals surface area contributed by atoms with E-state index >= 15 is 0 Å². The van der Waals surface area contributed by atoms with Crippen LogP contribution in [0, 0.1) is 94.2 Å². The Balaban J connectivity index is 0.000000130. The number of aromatic hydroxyl groups is 3. The van der Waals surface area contributed by atoms with Crippen LogP contribution in [0.25, 0.3) is 0 Å². The van der Waals surface area contributed by atoms with Gasteiger partial charge in [-0.25, -0.2) is 9.59 Å². The van der Waals surface area contributed by atoms with Crippen LogP contribution < -0.4 is 15.5 Å². The summed E-state index contributed by atoms with van der Waals surface area (Å²) in [5.41, 5.74) is -4.86. The van der Waals surface area contributed by atoms with Crippen LogP contribution in [0.3, 0.4) is 0 Å². The number of carbonyl (C=O) groups is 8. The fourth-order valence-corrected chi connectivity index (χ4v) is 18.4. The van der Waals surface area contributed by atoms with E-state index in [4.69, 9.17) is 28.9 Å². The fourth-order valence-electron chi connectivity index (χ4n) is 18.4. The number of phenolic OH excluding ortho intramolecular Hbond substituents is 3. The number of esters is 1. The SMILES string of the molecule is C=CCOC(=O)N1c2c(cc(O)c3c2C(=O)c2ccccc2C3=O)[C@@]23O[C@@]2(C(C)C)[C@@H]1C#C/C=C\C#C[C@H]3O.CC.CC.CC(C)[C@@]12O[C@]13c1cc(O)c4c(c1N[C@H]2C#C/C=C\C#C[C@H]3O)C(=O)c1ccccc1C4=O.C[C@@H](O)[C@@]12O[C@]13c1cc(O)c4c(c1N[C@H]2C#C/C=C\C#C[C@H]3O)C(=O)c1ccccc1C4=O.N#CC1OC(=O)c2ccccc21. The molecule has 24 nitrogen and oxygen atoms in total. The second kappa shape index (κ2) is 30.6. The van der Waals surface area contributed by atoms with E-state index in [-0.39, 0.29) is 119 Å². The van der Waals surface area contributed by atoms with Gasteiger partial charge in [0.1, 0.15) is 59.3 Å². The number of hydrogen-bond acceptors (Lipinski definition) is 23. The molecule has 604 valence electrons. The first-order chi connectivity index (χ1) is 58.2. The number of ketones is 6. The topological polar surface area (TPSA) is 385 Å². The summed E-state index contributed by atoms with van der Waals surface area (Å²) < 4.78 is 29.2. The van der Waals surface area contributed by atoms with E-state index in [0.29, 0.717) is 22.4 Å². The molecule has 3 fully saturated rings. The first kappa shape index (κ1) is 82.0. The molecule has 7 aromatic carbocycles. The number of cyclic esters (lactones) is 1. The number of allylic oxidation sites excluding steroid dienone is 6. The molecule has 7 aromatic rings. The molecule has 6 bridgehead atoms. The fraction of sp³-hybridized carbons (Fsp3) is 0.268. The Kier molecular flexibility index (Phi) is 20.8. The van der Waals surface area contributed by atoms with E-state index in [9.17, 15) is 74.1 Å². The zero-order chi connectivity index (χ0) is 86.5. The van der Waals surface area contributed by atoms with Crippen LogP contribution >= 0.6 is 0 Å². The highest BCUT2D eigenvalue weighted by atomic mass is 16.7. The van der Waals surface area contributed by atoms with Crippen molar-refractivity contribution in [2.24, 2.45) is 11.8 Å². The van der Waals surface area contributed by atoms with Gasteiger partial charge in [0.25, 0.3) is 0 Å². The summed E-state index contributed by atoms with van der Waals surface area (Å²) in [5.74, 6) is 29.5. The summed E-state index contributed by atoms with van der Waals surface area (Å²) in [5, 5.41) is 92.8. The minimum absolute atomic E-state index is 0.0109. The van der Waals surface area contributed by atoms with Crippen molar-refractivity contribution in [1.82, 2.24) is 0 Å². The molecule has 9 N–H and O–H groups in total. The van der Waals surface area contributed by atoms with E-state index in [1.165, 1.54) is 72.5 Å². The Morgan fingerprint density at radius 3 is 1.25 bits per heavy atom. The molecule has 24 heteroatoms. The third-order valence-electron chi connectivity index (χ3n) is 23.6. The van der Waals surface area contributed by atoms with Crippen molar-refractivity contribution in [2.75, 3.05) is 22.1 Å². The van der Waals surface area contributed by atoms with E-state index in [1.54, 1.807) is 97.1 Å². The van der Waals surface area contributed by atoms with Gasteiger partial charge < -0.3 is 70.1 Å². The number of ether oxygens (including phenoxy) is 5. The van der Waals surface area contributed by atoms with Gasteiger partial charge in [-0.1, -0.05) is 230 Å². The van der Waals surface area contributed by atoms with Crippen molar-refractivity contribution >= 4 is 63.8 Å². The van der Waals surface area contributed by atoms with Gasteiger partial charge in [0.05, 0.1) is 62.1 Å². The molecule has 7 aliphatic heterocycles. The number of nitrogens with one attached hydrogen (secondary N) is 2. The summed E-state index contributed by atoms with van der Waals surface area (Å²) in [6.45, 7) is 20.6. The minimum atomic E-state index is -1.56. The number of anilines is 3. The highest BCUT2D eigenvalue weighted by Gasteiger charge is 2.85. The molecule has 3 saturated heterocycles. The lowest BCUT2D eigenvalue weighted by atomic mass is 9.67. The Bertz CT molecular complexity index is 6160. The lowest BCUT2D eigenvalue weighted by Gasteiger charge is -2.43. The molecule has 0 radical (unpaired) electrons. The molecular formula is C97H76N4O20. The maximum absolute atomic E-state index is 14.0. The van der Waals surface area contributed by atoms with Gasteiger partial charge >= 0.3 is 12.1 Å².